The molecular weight excluding hydrogens is 299 g/mol. The van der Waals surface area contributed by atoms with Crippen LogP contribution < -0.4 is 15.8 Å². The highest BCUT2D eigenvalue weighted by Crippen LogP contribution is 2.35. The molecule has 3 N–H and O–H groups in total. The number of methoxy groups -OCH3 is 1. The first-order chi connectivity index (χ1) is 10.3. The van der Waals surface area contributed by atoms with Gasteiger partial charge in [0.15, 0.2) is 5.96 Å². The van der Waals surface area contributed by atoms with E-state index < -0.39 is 11.7 Å². The fourth-order valence-corrected chi connectivity index (χ4v) is 1.74. The Morgan fingerprint density at radius 2 is 2.05 bits per heavy atom. The fraction of sp³-hybridized carbons (Fsp3) is 0.500. The van der Waals surface area contributed by atoms with Crippen LogP contribution in [0.2, 0.25) is 0 Å². The normalized spacial score (nSPS) is 13.8. The van der Waals surface area contributed by atoms with Crippen LogP contribution in [0, 0.1) is 0 Å². The van der Waals surface area contributed by atoms with Crippen LogP contribution in [0.1, 0.15) is 12.5 Å². The summed E-state index contributed by atoms with van der Waals surface area (Å²) < 4.78 is 48.3. The summed E-state index contributed by atoms with van der Waals surface area (Å²) in [5.74, 6) is -0.0262. The molecule has 0 aliphatic carbocycles. The molecule has 1 atom stereocenters. The lowest BCUT2D eigenvalue weighted by Crippen LogP contribution is -2.40. The Labute approximate surface area is 127 Å². The molecule has 0 saturated carbocycles. The molecule has 1 aromatic rings. The van der Waals surface area contributed by atoms with Crippen molar-refractivity contribution in [1.82, 2.24) is 5.32 Å². The van der Waals surface area contributed by atoms with Gasteiger partial charge in [-0.25, -0.2) is 4.99 Å². The van der Waals surface area contributed by atoms with Crippen LogP contribution in [-0.2, 0) is 10.9 Å². The third-order valence-corrected chi connectivity index (χ3v) is 2.63. The second-order valence-corrected chi connectivity index (χ2v) is 4.61. The molecule has 1 unspecified atom stereocenters. The van der Waals surface area contributed by atoms with Gasteiger partial charge in [-0.1, -0.05) is 12.1 Å². The number of para-hydroxylation sites is 1. The number of alkyl halides is 3. The van der Waals surface area contributed by atoms with Gasteiger partial charge in [0.2, 0.25) is 0 Å². The Bertz CT molecular complexity index is 492. The Kier molecular flexibility index (Phi) is 6.97. The van der Waals surface area contributed by atoms with Crippen LogP contribution in [0.15, 0.2) is 29.3 Å². The third-order valence-electron chi connectivity index (χ3n) is 2.63. The van der Waals surface area contributed by atoms with Crippen molar-refractivity contribution < 1.29 is 22.6 Å². The number of nitrogens with zero attached hydrogens (tertiary/aromatic N) is 1. The van der Waals surface area contributed by atoms with Gasteiger partial charge < -0.3 is 20.5 Å². The number of halogens is 3. The molecule has 8 heteroatoms. The lowest BCUT2D eigenvalue weighted by atomic mass is 10.2. The molecule has 124 valence electrons. The Hall–Kier alpha value is -1.96. The van der Waals surface area contributed by atoms with Crippen molar-refractivity contribution in [1.29, 1.82) is 0 Å². The second kappa shape index (κ2) is 8.47. The molecule has 0 aliphatic heterocycles. The van der Waals surface area contributed by atoms with E-state index in [1.54, 1.807) is 7.11 Å². The minimum Gasteiger partial charge on any atom is -0.491 e. The first-order valence-corrected chi connectivity index (χ1v) is 6.69. The van der Waals surface area contributed by atoms with Crippen LogP contribution in [0.4, 0.5) is 13.2 Å². The standard InChI is InChI=1S/C14H20F3N3O2/c1-10(9-21-2)20-13(18)19-7-8-22-12-6-4-3-5-11(12)14(15,16)17/h3-6,10H,7-9H2,1-2H3,(H3,18,19,20). The van der Waals surface area contributed by atoms with Crippen molar-refractivity contribution in [3.05, 3.63) is 29.8 Å². The SMILES string of the molecule is COCC(C)NC(N)=NCCOc1ccccc1C(F)(F)F. The molecule has 0 radical (unpaired) electrons. The molecule has 0 spiro atoms. The topological polar surface area (TPSA) is 68.9 Å². The Morgan fingerprint density at radius 3 is 2.68 bits per heavy atom. The molecule has 1 rings (SSSR count). The number of benzene rings is 1. The summed E-state index contributed by atoms with van der Waals surface area (Å²) >= 11 is 0. The number of nitrogens with two attached hydrogens (primary N) is 1. The van der Waals surface area contributed by atoms with E-state index in [4.69, 9.17) is 15.2 Å². The fourth-order valence-electron chi connectivity index (χ4n) is 1.74. The Balaban J connectivity index is 2.48. The highest BCUT2D eigenvalue weighted by molar-refractivity contribution is 5.78. The van der Waals surface area contributed by atoms with Crippen molar-refractivity contribution in [3.63, 3.8) is 0 Å². The van der Waals surface area contributed by atoms with Crippen molar-refractivity contribution >= 4 is 5.96 Å². The first kappa shape index (κ1) is 18.1. The van der Waals surface area contributed by atoms with E-state index >= 15 is 0 Å². The van der Waals surface area contributed by atoms with Crippen LogP contribution in [0.25, 0.3) is 0 Å². The zero-order chi connectivity index (χ0) is 16.6. The minimum absolute atomic E-state index is 0.00582. The molecule has 0 amide bonds. The summed E-state index contributed by atoms with van der Waals surface area (Å²) in [5, 5.41) is 2.88. The average molecular weight is 319 g/mol. The molecule has 0 aliphatic rings. The third kappa shape index (κ3) is 6.21. The van der Waals surface area contributed by atoms with Crippen LogP contribution >= 0.6 is 0 Å². The maximum Gasteiger partial charge on any atom is 0.419 e. The smallest absolute Gasteiger partial charge is 0.419 e. The zero-order valence-electron chi connectivity index (χ0n) is 12.5. The quantitative estimate of drug-likeness (QED) is 0.458. The molecule has 0 fully saturated rings. The number of hydrogen-bond acceptors (Lipinski definition) is 3. The summed E-state index contributed by atoms with van der Waals surface area (Å²) in [6, 6.07) is 5.03. The van der Waals surface area contributed by atoms with E-state index in [9.17, 15) is 13.2 Å². The molecule has 5 nitrogen and oxygen atoms in total. The zero-order valence-corrected chi connectivity index (χ0v) is 12.5. The summed E-state index contributed by atoms with van der Waals surface area (Å²) in [5.41, 5.74) is 4.82. The monoisotopic (exact) mass is 319 g/mol. The highest BCUT2D eigenvalue weighted by Gasteiger charge is 2.33. The maximum atomic E-state index is 12.8. The van der Waals surface area contributed by atoms with Crippen LogP contribution in [-0.4, -0.2) is 38.9 Å². The minimum atomic E-state index is -4.45. The molecule has 0 bridgehead atoms. The van der Waals surface area contributed by atoms with E-state index in [1.807, 2.05) is 6.92 Å². The molecule has 0 heterocycles. The van der Waals surface area contributed by atoms with Gasteiger partial charge in [-0.15, -0.1) is 0 Å². The van der Waals surface area contributed by atoms with Crippen molar-refractivity contribution in [2.45, 2.75) is 19.1 Å². The Morgan fingerprint density at radius 1 is 1.36 bits per heavy atom. The number of guanidine groups is 1. The molecular formula is C14H20F3N3O2. The van der Waals surface area contributed by atoms with Crippen molar-refractivity contribution in [2.75, 3.05) is 26.9 Å². The van der Waals surface area contributed by atoms with Gasteiger partial charge in [0.25, 0.3) is 0 Å². The van der Waals surface area contributed by atoms with Crippen LogP contribution in [0.5, 0.6) is 5.75 Å². The summed E-state index contributed by atoms with van der Waals surface area (Å²) in [7, 11) is 1.57. The van der Waals surface area contributed by atoms with E-state index in [2.05, 4.69) is 10.3 Å². The van der Waals surface area contributed by atoms with Gasteiger partial charge in [0.05, 0.1) is 18.7 Å². The lowest BCUT2D eigenvalue weighted by Gasteiger charge is -2.14. The van der Waals surface area contributed by atoms with E-state index in [-0.39, 0.29) is 30.9 Å². The molecule has 22 heavy (non-hydrogen) atoms. The molecule has 1 aromatic carbocycles. The van der Waals surface area contributed by atoms with Gasteiger partial charge in [0.1, 0.15) is 12.4 Å². The van der Waals surface area contributed by atoms with E-state index in [1.165, 1.54) is 18.2 Å². The van der Waals surface area contributed by atoms with Gasteiger partial charge in [0, 0.05) is 13.2 Å². The summed E-state index contributed by atoms with van der Waals surface area (Å²) in [6.45, 7) is 2.46. The molecule has 0 saturated heterocycles. The summed E-state index contributed by atoms with van der Waals surface area (Å²) in [6.07, 6.45) is -4.45. The summed E-state index contributed by atoms with van der Waals surface area (Å²) in [4.78, 5) is 3.97. The van der Waals surface area contributed by atoms with Gasteiger partial charge in [-0.05, 0) is 19.1 Å². The number of aliphatic imine (C=N–C) groups is 1. The predicted octanol–water partition coefficient (Wildman–Crippen LogP) is 2.02. The van der Waals surface area contributed by atoms with E-state index in [0.717, 1.165) is 6.07 Å². The highest BCUT2D eigenvalue weighted by atomic mass is 19.4. The van der Waals surface area contributed by atoms with Crippen molar-refractivity contribution in [2.24, 2.45) is 10.7 Å². The first-order valence-electron chi connectivity index (χ1n) is 6.69. The van der Waals surface area contributed by atoms with Gasteiger partial charge in [-0.2, -0.15) is 13.2 Å². The largest absolute Gasteiger partial charge is 0.491 e. The van der Waals surface area contributed by atoms with Crippen molar-refractivity contribution in [3.8, 4) is 5.75 Å². The maximum absolute atomic E-state index is 12.8. The van der Waals surface area contributed by atoms with Crippen LogP contribution in [0.3, 0.4) is 0 Å². The molecule has 0 aromatic heterocycles. The average Bonchev–Trinajstić information content (AvgIpc) is 2.43. The number of ether oxygens (including phenoxy) is 2. The second-order valence-electron chi connectivity index (χ2n) is 4.61. The number of hydrogen-bond donors (Lipinski definition) is 2. The van der Waals surface area contributed by atoms with E-state index in [0.29, 0.717) is 6.61 Å². The van der Waals surface area contributed by atoms with Gasteiger partial charge >= 0.3 is 6.18 Å². The number of nitrogens with one attached hydrogen (secondary N) is 1. The van der Waals surface area contributed by atoms with Gasteiger partial charge in [-0.3, -0.25) is 0 Å². The number of rotatable bonds is 7. The lowest BCUT2D eigenvalue weighted by molar-refractivity contribution is -0.138. The predicted molar refractivity (Wildman–Crippen MR) is 77.9 cm³/mol.